The highest BCUT2D eigenvalue weighted by atomic mass is 16.2. The Morgan fingerprint density at radius 2 is 2.39 bits per heavy atom. The first-order valence-electron chi connectivity index (χ1n) is 5.53. The highest BCUT2D eigenvalue weighted by Crippen LogP contribution is 2.09. The molecule has 0 aliphatic rings. The summed E-state index contributed by atoms with van der Waals surface area (Å²) in [6, 6.07) is 7.18. The van der Waals surface area contributed by atoms with E-state index >= 15 is 0 Å². The third-order valence-electron chi connectivity index (χ3n) is 2.38. The number of hydrogen-bond donors (Lipinski definition) is 1. The van der Waals surface area contributed by atoms with Gasteiger partial charge >= 0.3 is 0 Å². The molecule has 1 N–H and O–H groups in total. The smallest absolute Gasteiger partial charge is 0.246 e. The first-order chi connectivity index (χ1) is 8.67. The summed E-state index contributed by atoms with van der Waals surface area (Å²) >= 11 is 0. The van der Waals surface area contributed by atoms with Crippen molar-refractivity contribution >= 4 is 11.6 Å². The molecular weight excluding hydrogens is 226 g/mol. The standard InChI is InChI=1S/C14H13N3O/c1-3-12-5-4-6-13(7-12)16-14(18)10-17-9-11(2)8-15-17/h1,4-9H,10H2,2H3,(H,16,18). The molecule has 2 rings (SSSR count). The van der Waals surface area contributed by atoms with Crippen LogP contribution >= 0.6 is 0 Å². The van der Waals surface area contributed by atoms with Crippen LogP contribution in [0.4, 0.5) is 5.69 Å². The molecule has 0 saturated carbocycles. The number of nitrogens with one attached hydrogen (secondary N) is 1. The van der Waals surface area contributed by atoms with Crippen LogP contribution in [0, 0.1) is 19.3 Å². The SMILES string of the molecule is C#Cc1cccc(NC(=O)Cn2cc(C)cn2)c1. The van der Waals surface area contributed by atoms with Gasteiger partial charge in [0, 0.05) is 17.4 Å². The monoisotopic (exact) mass is 239 g/mol. The number of carbonyl (C=O) groups is 1. The van der Waals surface area contributed by atoms with E-state index in [2.05, 4.69) is 16.3 Å². The lowest BCUT2D eigenvalue weighted by Gasteiger charge is -2.05. The number of benzene rings is 1. The van der Waals surface area contributed by atoms with Crippen molar-refractivity contribution in [1.29, 1.82) is 0 Å². The zero-order valence-electron chi connectivity index (χ0n) is 10.1. The third kappa shape index (κ3) is 2.98. The van der Waals surface area contributed by atoms with Crippen LogP contribution in [0.3, 0.4) is 0 Å². The molecule has 1 amide bonds. The Bertz CT molecular complexity index is 607. The minimum atomic E-state index is -0.132. The number of aromatic nitrogens is 2. The first-order valence-corrected chi connectivity index (χ1v) is 5.53. The summed E-state index contributed by atoms with van der Waals surface area (Å²) in [7, 11) is 0. The quantitative estimate of drug-likeness (QED) is 0.830. The highest BCUT2D eigenvalue weighted by Gasteiger charge is 2.04. The van der Waals surface area contributed by atoms with E-state index in [1.54, 1.807) is 23.0 Å². The van der Waals surface area contributed by atoms with Crippen LogP contribution in [0.2, 0.25) is 0 Å². The Morgan fingerprint density at radius 3 is 3.06 bits per heavy atom. The zero-order chi connectivity index (χ0) is 13.0. The molecule has 18 heavy (non-hydrogen) atoms. The molecule has 0 atom stereocenters. The van der Waals surface area contributed by atoms with E-state index in [0.717, 1.165) is 11.1 Å². The van der Waals surface area contributed by atoms with Crippen molar-refractivity contribution in [2.45, 2.75) is 13.5 Å². The van der Waals surface area contributed by atoms with Crippen molar-refractivity contribution < 1.29 is 4.79 Å². The largest absolute Gasteiger partial charge is 0.324 e. The first kappa shape index (κ1) is 11.9. The van der Waals surface area contributed by atoms with Gasteiger partial charge in [-0.05, 0) is 30.7 Å². The van der Waals surface area contributed by atoms with Crippen molar-refractivity contribution in [2.24, 2.45) is 0 Å². The number of carbonyl (C=O) groups excluding carboxylic acids is 1. The highest BCUT2D eigenvalue weighted by molar-refractivity contribution is 5.90. The summed E-state index contributed by atoms with van der Waals surface area (Å²) in [5, 5.41) is 6.83. The maximum atomic E-state index is 11.8. The van der Waals surface area contributed by atoms with Gasteiger partial charge in [0.05, 0.1) is 6.20 Å². The lowest BCUT2D eigenvalue weighted by molar-refractivity contribution is -0.116. The van der Waals surface area contributed by atoms with Crippen LogP contribution in [-0.4, -0.2) is 15.7 Å². The normalized spacial score (nSPS) is 9.78. The van der Waals surface area contributed by atoms with Gasteiger partial charge in [0.2, 0.25) is 5.91 Å². The lowest BCUT2D eigenvalue weighted by atomic mass is 10.2. The summed E-state index contributed by atoms with van der Waals surface area (Å²) in [5.74, 6) is 2.39. The average Bonchev–Trinajstić information content (AvgIpc) is 2.74. The van der Waals surface area contributed by atoms with Gasteiger partial charge in [-0.1, -0.05) is 12.0 Å². The number of nitrogens with zero attached hydrogens (tertiary/aromatic N) is 2. The maximum Gasteiger partial charge on any atom is 0.246 e. The summed E-state index contributed by atoms with van der Waals surface area (Å²) in [5.41, 5.74) is 2.46. The average molecular weight is 239 g/mol. The number of hydrogen-bond acceptors (Lipinski definition) is 2. The minimum Gasteiger partial charge on any atom is -0.324 e. The molecule has 0 saturated heterocycles. The Labute approximate surface area is 106 Å². The van der Waals surface area contributed by atoms with Crippen LogP contribution in [0.5, 0.6) is 0 Å². The molecule has 0 aliphatic heterocycles. The van der Waals surface area contributed by atoms with Crippen molar-refractivity contribution in [3.8, 4) is 12.3 Å². The van der Waals surface area contributed by atoms with E-state index < -0.39 is 0 Å². The van der Waals surface area contributed by atoms with Gasteiger partial charge < -0.3 is 5.32 Å². The van der Waals surface area contributed by atoms with Crippen molar-refractivity contribution in [3.63, 3.8) is 0 Å². The second kappa shape index (κ2) is 5.19. The van der Waals surface area contributed by atoms with Gasteiger partial charge in [-0.25, -0.2) is 0 Å². The van der Waals surface area contributed by atoms with Gasteiger partial charge in [-0.15, -0.1) is 6.42 Å². The fraction of sp³-hybridized carbons (Fsp3) is 0.143. The fourth-order valence-electron chi connectivity index (χ4n) is 1.59. The predicted molar refractivity (Wildman–Crippen MR) is 70.0 cm³/mol. The van der Waals surface area contributed by atoms with E-state index in [1.165, 1.54) is 0 Å². The molecule has 0 spiro atoms. The van der Waals surface area contributed by atoms with Gasteiger partial charge in [0.1, 0.15) is 6.54 Å². The van der Waals surface area contributed by atoms with E-state index in [-0.39, 0.29) is 12.5 Å². The number of amides is 1. The van der Waals surface area contributed by atoms with Crippen molar-refractivity contribution in [2.75, 3.05) is 5.32 Å². The molecular formula is C14H13N3O. The molecule has 0 radical (unpaired) electrons. The molecule has 2 aromatic rings. The summed E-state index contributed by atoms with van der Waals surface area (Å²) in [6.07, 6.45) is 8.83. The lowest BCUT2D eigenvalue weighted by Crippen LogP contribution is -2.19. The van der Waals surface area contributed by atoms with Crippen LogP contribution in [0.15, 0.2) is 36.7 Å². The molecule has 90 valence electrons. The second-order valence-corrected chi connectivity index (χ2v) is 3.99. The number of aryl methyl sites for hydroxylation is 1. The fourth-order valence-corrected chi connectivity index (χ4v) is 1.59. The zero-order valence-corrected chi connectivity index (χ0v) is 10.1. The molecule has 0 aliphatic carbocycles. The Balaban J connectivity index is 2.01. The van der Waals surface area contributed by atoms with Crippen LogP contribution < -0.4 is 5.32 Å². The molecule has 0 unspecified atom stereocenters. The molecule has 1 aromatic carbocycles. The molecule has 4 heteroatoms. The predicted octanol–water partition coefficient (Wildman–Crippen LogP) is 1.81. The van der Waals surface area contributed by atoms with Crippen LogP contribution in [0.25, 0.3) is 0 Å². The Kier molecular flexibility index (Phi) is 3.44. The Morgan fingerprint density at radius 1 is 1.56 bits per heavy atom. The third-order valence-corrected chi connectivity index (χ3v) is 2.38. The topological polar surface area (TPSA) is 46.9 Å². The van der Waals surface area contributed by atoms with Crippen LogP contribution in [-0.2, 0) is 11.3 Å². The van der Waals surface area contributed by atoms with Crippen molar-refractivity contribution in [3.05, 3.63) is 47.8 Å². The van der Waals surface area contributed by atoms with E-state index in [9.17, 15) is 4.79 Å². The molecule has 0 bridgehead atoms. The summed E-state index contributed by atoms with van der Waals surface area (Å²) in [4.78, 5) is 11.8. The Hall–Kier alpha value is -2.54. The minimum absolute atomic E-state index is 0.132. The summed E-state index contributed by atoms with van der Waals surface area (Å²) in [6.45, 7) is 2.12. The maximum absolute atomic E-state index is 11.8. The van der Waals surface area contributed by atoms with E-state index in [1.807, 2.05) is 25.3 Å². The van der Waals surface area contributed by atoms with E-state index in [4.69, 9.17) is 6.42 Å². The molecule has 0 fully saturated rings. The van der Waals surface area contributed by atoms with Gasteiger partial charge in [-0.3, -0.25) is 9.48 Å². The molecule has 4 nitrogen and oxygen atoms in total. The number of terminal acetylenes is 1. The van der Waals surface area contributed by atoms with Crippen molar-refractivity contribution in [1.82, 2.24) is 9.78 Å². The molecule has 1 heterocycles. The summed E-state index contributed by atoms with van der Waals surface area (Å²) < 4.78 is 1.59. The molecule has 1 aromatic heterocycles. The van der Waals surface area contributed by atoms with Gasteiger partial charge in [0.25, 0.3) is 0 Å². The number of rotatable bonds is 3. The van der Waals surface area contributed by atoms with Gasteiger partial charge in [-0.2, -0.15) is 5.10 Å². The van der Waals surface area contributed by atoms with Gasteiger partial charge in [0.15, 0.2) is 0 Å². The second-order valence-electron chi connectivity index (χ2n) is 3.99. The number of anilines is 1. The van der Waals surface area contributed by atoms with Crippen LogP contribution in [0.1, 0.15) is 11.1 Å². The van der Waals surface area contributed by atoms with E-state index in [0.29, 0.717) is 5.69 Å².